The van der Waals surface area contributed by atoms with E-state index >= 15 is 0 Å². The fourth-order valence-corrected chi connectivity index (χ4v) is 5.20. The van der Waals surface area contributed by atoms with Crippen molar-refractivity contribution in [2.75, 3.05) is 40.4 Å². The van der Waals surface area contributed by atoms with Gasteiger partial charge in [0.25, 0.3) is 0 Å². The maximum atomic E-state index is 13.3. The number of amides is 1. The molecule has 2 aromatic rings. The summed E-state index contributed by atoms with van der Waals surface area (Å²) in [6.07, 6.45) is 5.44. The molecular formula is C27H36N2O3. The van der Waals surface area contributed by atoms with Crippen molar-refractivity contribution in [3.05, 3.63) is 59.7 Å². The van der Waals surface area contributed by atoms with Crippen LogP contribution in [-0.4, -0.2) is 56.1 Å². The third-order valence-electron chi connectivity index (χ3n) is 7.00. The highest BCUT2D eigenvalue weighted by Crippen LogP contribution is 2.29. The fourth-order valence-electron chi connectivity index (χ4n) is 5.20. The van der Waals surface area contributed by atoms with Crippen molar-refractivity contribution in [2.45, 2.75) is 38.6 Å². The van der Waals surface area contributed by atoms with E-state index in [-0.39, 0.29) is 5.92 Å². The van der Waals surface area contributed by atoms with Crippen LogP contribution in [-0.2, 0) is 17.8 Å². The summed E-state index contributed by atoms with van der Waals surface area (Å²) >= 11 is 0. The Hall–Kier alpha value is -2.53. The molecular weight excluding hydrogens is 400 g/mol. The molecule has 4 rings (SSSR count). The standard InChI is InChI=1S/C27H36N2O3/c1-31-25-11-10-23(18-26(25)32-2)19-28-14-6-9-24(20-28)27(30)29-15-12-22(13-16-29)17-21-7-4-3-5-8-21/h3-5,7-8,10-11,18,22,24H,6,9,12-17,19-20H2,1-2H3. The van der Waals surface area contributed by atoms with Gasteiger partial charge in [-0.1, -0.05) is 36.4 Å². The molecule has 0 saturated carbocycles. The first kappa shape index (κ1) is 22.7. The predicted octanol–water partition coefficient (Wildman–Crippen LogP) is 4.40. The molecule has 1 atom stereocenters. The van der Waals surface area contributed by atoms with Crippen LogP contribution in [0.25, 0.3) is 0 Å². The quantitative estimate of drug-likeness (QED) is 0.645. The van der Waals surface area contributed by atoms with Crippen LogP contribution in [0.1, 0.15) is 36.8 Å². The number of piperidine rings is 2. The zero-order valence-corrected chi connectivity index (χ0v) is 19.5. The molecule has 0 bridgehead atoms. The lowest BCUT2D eigenvalue weighted by Crippen LogP contribution is -2.47. The van der Waals surface area contributed by atoms with Crippen molar-refractivity contribution in [3.63, 3.8) is 0 Å². The Morgan fingerprint density at radius 1 is 0.906 bits per heavy atom. The molecule has 2 aliphatic rings. The van der Waals surface area contributed by atoms with Crippen LogP contribution < -0.4 is 9.47 Å². The molecule has 1 unspecified atom stereocenters. The molecule has 0 spiro atoms. The highest BCUT2D eigenvalue weighted by atomic mass is 16.5. The summed E-state index contributed by atoms with van der Waals surface area (Å²) in [5.74, 6) is 2.68. The zero-order valence-electron chi connectivity index (χ0n) is 19.5. The molecule has 0 radical (unpaired) electrons. The Labute approximate surface area is 192 Å². The molecule has 2 fully saturated rings. The average Bonchev–Trinajstić information content (AvgIpc) is 2.85. The van der Waals surface area contributed by atoms with E-state index in [4.69, 9.17) is 9.47 Å². The number of ether oxygens (including phenoxy) is 2. The Bertz CT molecular complexity index is 878. The Kier molecular flexibility index (Phi) is 7.69. The van der Waals surface area contributed by atoms with Gasteiger partial charge in [0.05, 0.1) is 20.1 Å². The largest absolute Gasteiger partial charge is 0.493 e. The van der Waals surface area contributed by atoms with Crippen LogP contribution >= 0.6 is 0 Å². The maximum Gasteiger partial charge on any atom is 0.226 e. The van der Waals surface area contributed by atoms with Gasteiger partial charge in [-0.15, -0.1) is 0 Å². The highest BCUT2D eigenvalue weighted by molar-refractivity contribution is 5.79. The Balaban J connectivity index is 1.28. The van der Waals surface area contributed by atoms with Crippen molar-refractivity contribution < 1.29 is 14.3 Å². The summed E-state index contributed by atoms with van der Waals surface area (Å²) < 4.78 is 10.8. The van der Waals surface area contributed by atoms with Crippen molar-refractivity contribution in [1.82, 2.24) is 9.80 Å². The molecule has 172 valence electrons. The third-order valence-corrected chi connectivity index (χ3v) is 7.00. The first-order valence-corrected chi connectivity index (χ1v) is 11.9. The molecule has 2 saturated heterocycles. The molecule has 32 heavy (non-hydrogen) atoms. The molecule has 1 amide bonds. The van der Waals surface area contributed by atoms with E-state index in [2.05, 4.69) is 46.2 Å². The minimum atomic E-state index is 0.120. The monoisotopic (exact) mass is 436 g/mol. The summed E-state index contributed by atoms with van der Waals surface area (Å²) in [7, 11) is 3.32. The number of nitrogens with zero attached hydrogens (tertiary/aromatic N) is 2. The molecule has 0 aromatic heterocycles. The number of hydrogen-bond acceptors (Lipinski definition) is 4. The van der Waals surface area contributed by atoms with Crippen LogP contribution in [0, 0.1) is 11.8 Å². The third kappa shape index (κ3) is 5.63. The van der Waals surface area contributed by atoms with Gasteiger partial charge in [0.15, 0.2) is 11.5 Å². The predicted molar refractivity (Wildman–Crippen MR) is 127 cm³/mol. The van der Waals surface area contributed by atoms with Gasteiger partial charge in [0, 0.05) is 26.2 Å². The van der Waals surface area contributed by atoms with Crippen molar-refractivity contribution in [3.8, 4) is 11.5 Å². The van der Waals surface area contributed by atoms with E-state index in [1.807, 2.05) is 12.1 Å². The number of carbonyl (C=O) groups is 1. The summed E-state index contributed by atoms with van der Waals surface area (Å²) in [5, 5.41) is 0. The van der Waals surface area contributed by atoms with E-state index in [9.17, 15) is 4.79 Å². The molecule has 2 aliphatic heterocycles. The lowest BCUT2D eigenvalue weighted by atomic mass is 9.89. The van der Waals surface area contributed by atoms with E-state index in [0.29, 0.717) is 11.8 Å². The number of carbonyl (C=O) groups excluding carboxylic acids is 1. The smallest absolute Gasteiger partial charge is 0.226 e. The van der Waals surface area contributed by atoms with Gasteiger partial charge in [-0.3, -0.25) is 9.69 Å². The minimum Gasteiger partial charge on any atom is -0.493 e. The van der Waals surface area contributed by atoms with Crippen molar-refractivity contribution in [1.29, 1.82) is 0 Å². The van der Waals surface area contributed by atoms with Crippen LogP contribution in [0.5, 0.6) is 11.5 Å². The average molecular weight is 437 g/mol. The second-order valence-corrected chi connectivity index (χ2v) is 9.22. The van der Waals surface area contributed by atoms with Crippen LogP contribution in [0.4, 0.5) is 0 Å². The highest BCUT2D eigenvalue weighted by Gasteiger charge is 2.31. The van der Waals surface area contributed by atoms with Crippen molar-refractivity contribution >= 4 is 5.91 Å². The lowest BCUT2D eigenvalue weighted by molar-refractivity contribution is -0.138. The summed E-state index contributed by atoms with van der Waals surface area (Å²) in [4.78, 5) is 17.8. The fraction of sp³-hybridized carbons (Fsp3) is 0.519. The van der Waals surface area contributed by atoms with Gasteiger partial charge < -0.3 is 14.4 Å². The molecule has 5 heteroatoms. The first-order chi connectivity index (χ1) is 15.7. The number of rotatable bonds is 7. The van der Waals surface area contributed by atoms with Crippen LogP contribution in [0.15, 0.2) is 48.5 Å². The van der Waals surface area contributed by atoms with Gasteiger partial charge in [-0.05, 0) is 67.8 Å². The lowest BCUT2D eigenvalue weighted by Gasteiger charge is -2.38. The number of hydrogen-bond donors (Lipinski definition) is 0. The second-order valence-electron chi connectivity index (χ2n) is 9.22. The van der Waals surface area contributed by atoms with E-state index in [1.165, 1.54) is 11.1 Å². The van der Waals surface area contributed by atoms with Gasteiger partial charge >= 0.3 is 0 Å². The Morgan fingerprint density at radius 2 is 1.66 bits per heavy atom. The second kappa shape index (κ2) is 10.9. The number of likely N-dealkylation sites (tertiary alicyclic amines) is 2. The van der Waals surface area contributed by atoms with Gasteiger partial charge in [-0.2, -0.15) is 0 Å². The van der Waals surface area contributed by atoms with Gasteiger partial charge in [0.1, 0.15) is 0 Å². The normalized spacial score (nSPS) is 20.2. The first-order valence-electron chi connectivity index (χ1n) is 11.9. The number of methoxy groups -OCH3 is 2. The molecule has 2 aromatic carbocycles. The van der Waals surface area contributed by atoms with Crippen molar-refractivity contribution in [2.24, 2.45) is 11.8 Å². The van der Waals surface area contributed by atoms with E-state index in [1.54, 1.807) is 14.2 Å². The maximum absolute atomic E-state index is 13.3. The molecule has 2 heterocycles. The molecule has 5 nitrogen and oxygen atoms in total. The van der Waals surface area contributed by atoms with Crippen LogP contribution in [0.2, 0.25) is 0 Å². The van der Waals surface area contributed by atoms with E-state index < -0.39 is 0 Å². The Morgan fingerprint density at radius 3 is 2.38 bits per heavy atom. The van der Waals surface area contributed by atoms with Crippen LogP contribution in [0.3, 0.4) is 0 Å². The summed E-state index contributed by atoms with van der Waals surface area (Å²) in [6, 6.07) is 16.8. The van der Waals surface area contributed by atoms with Gasteiger partial charge in [-0.25, -0.2) is 0 Å². The summed E-state index contributed by atoms with van der Waals surface area (Å²) in [5.41, 5.74) is 2.60. The SMILES string of the molecule is COc1ccc(CN2CCCC(C(=O)N3CCC(Cc4ccccc4)CC3)C2)cc1OC. The molecule has 0 aliphatic carbocycles. The summed E-state index contributed by atoms with van der Waals surface area (Å²) in [6.45, 7) is 4.53. The minimum absolute atomic E-state index is 0.120. The number of benzene rings is 2. The van der Waals surface area contributed by atoms with E-state index in [0.717, 1.165) is 76.3 Å². The zero-order chi connectivity index (χ0) is 22.3. The topological polar surface area (TPSA) is 42.0 Å². The molecule has 0 N–H and O–H groups in total. The van der Waals surface area contributed by atoms with Gasteiger partial charge in [0.2, 0.25) is 5.91 Å².